The Bertz CT molecular complexity index is 74.0. The largest absolute Gasteiger partial charge is 0.317 e. The molecule has 0 aliphatic rings. The number of unbranched alkanes of at least 4 members (excludes halogenated alkanes) is 1. The molecule has 0 radical (unpaired) electrons. The highest BCUT2D eigenvalue weighted by Gasteiger charge is 1.93. The molecule has 0 aliphatic carbocycles. The van der Waals surface area contributed by atoms with Crippen LogP contribution in [0.4, 0.5) is 0 Å². The van der Waals surface area contributed by atoms with E-state index in [-0.39, 0.29) is 0 Å². The highest BCUT2D eigenvalue weighted by atomic mass is 32.1. The second-order valence-corrected chi connectivity index (χ2v) is 3.98. The van der Waals surface area contributed by atoms with Crippen LogP contribution in [0.25, 0.3) is 0 Å². The van der Waals surface area contributed by atoms with Crippen LogP contribution in [-0.4, -0.2) is 18.3 Å². The van der Waals surface area contributed by atoms with Gasteiger partial charge < -0.3 is 5.32 Å². The van der Waals surface area contributed by atoms with Crippen LogP contribution in [0.15, 0.2) is 0 Å². The van der Waals surface area contributed by atoms with Crippen molar-refractivity contribution in [3.05, 3.63) is 0 Å². The van der Waals surface area contributed by atoms with E-state index < -0.39 is 0 Å². The molecule has 0 rings (SSSR count). The first-order chi connectivity index (χ1) is 5.27. The summed E-state index contributed by atoms with van der Waals surface area (Å²) in [6.45, 7) is 6.70. The Morgan fingerprint density at radius 1 is 1.27 bits per heavy atom. The maximum absolute atomic E-state index is 4.31. The van der Waals surface area contributed by atoms with Gasteiger partial charge in [0.2, 0.25) is 0 Å². The van der Waals surface area contributed by atoms with Gasteiger partial charge in [-0.25, -0.2) is 0 Å². The molecular weight excluding hydrogens is 154 g/mol. The average molecular weight is 175 g/mol. The van der Waals surface area contributed by atoms with Gasteiger partial charge in [-0.1, -0.05) is 20.3 Å². The van der Waals surface area contributed by atoms with Crippen molar-refractivity contribution in [1.29, 1.82) is 0 Å². The van der Waals surface area contributed by atoms with Crippen LogP contribution in [0, 0.1) is 0 Å². The Balaban J connectivity index is 2.80. The number of hydrogen-bond donors (Lipinski definition) is 2. The second-order valence-electron chi connectivity index (χ2n) is 3.09. The molecule has 0 spiro atoms. The third kappa shape index (κ3) is 10.3. The number of thiol groups is 1. The quantitative estimate of drug-likeness (QED) is 0.447. The van der Waals surface area contributed by atoms with Gasteiger partial charge in [-0.15, -0.1) is 0 Å². The monoisotopic (exact) mass is 175 g/mol. The van der Waals surface area contributed by atoms with Gasteiger partial charge in [0, 0.05) is 0 Å². The Kier molecular flexibility index (Phi) is 8.64. The minimum atomic E-state index is 0.558. The van der Waals surface area contributed by atoms with Crippen LogP contribution in [-0.2, 0) is 0 Å². The van der Waals surface area contributed by atoms with Gasteiger partial charge in [0.1, 0.15) is 0 Å². The summed E-state index contributed by atoms with van der Waals surface area (Å²) in [5, 5.41) is 3.97. The van der Waals surface area contributed by atoms with E-state index >= 15 is 0 Å². The number of rotatable bonds is 7. The summed E-state index contributed by atoms with van der Waals surface area (Å²) in [6.07, 6.45) is 5.07. The first-order valence-corrected chi connectivity index (χ1v) is 5.17. The van der Waals surface area contributed by atoms with Crippen LogP contribution in [0.1, 0.15) is 39.5 Å². The van der Waals surface area contributed by atoms with Gasteiger partial charge in [0.05, 0.1) is 0 Å². The summed E-state index contributed by atoms with van der Waals surface area (Å²) in [4.78, 5) is 0. The van der Waals surface area contributed by atoms with Crippen molar-refractivity contribution >= 4 is 12.6 Å². The molecule has 1 atom stereocenters. The van der Waals surface area contributed by atoms with E-state index in [9.17, 15) is 0 Å². The molecule has 1 N–H and O–H groups in total. The average Bonchev–Trinajstić information content (AvgIpc) is 1.96. The van der Waals surface area contributed by atoms with Crippen LogP contribution in [0.5, 0.6) is 0 Å². The third-order valence-corrected chi connectivity index (χ3v) is 1.94. The molecule has 0 aliphatic heterocycles. The lowest BCUT2D eigenvalue weighted by Gasteiger charge is -2.04. The van der Waals surface area contributed by atoms with Crippen molar-refractivity contribution in [3.63, 3.8) is 0 Å². The smallest absolute Gasteiger partial charge is 0.00111 e. The topological polar surface area (TPSA) is 12.0 Å². The summed E-state index contributed by atoms with van der Waals surface area (Å²) >= 11 is 4.31. The minimum absolute atomic E-state index is 0.558. The van der Waals surface area contributed by atoms with E-state index in [1.165, 1.54) is 32.2 Å². The fourth-order valence-electron chi connectivity index (χ4n) is 0.949. The Morgan fingerprint density at radius 3 is 2.45 bits per heavy atom. The summed E-state index contributed by atoms with van der Waals surface area (Å²) < 4.78 is 0. The zero-order valence-electron chi connectivity index (χ0n) is 7.77. The molecule has 0 bridgehead atoms. The Hall–Kier alpha value is 0.310. The summed E-state index contributed by atoms with van der Waals surface area (Å²) in [5.74, 6) is 0. The predicted octanol–water partition coefficient (Wildman–Crippen LogP) is 2.47. The van der Waals surface area contributed by atoms with Gasteiger partial charge in [-0.05, 0) is 37.6 Å². The van der Waals surface area contributed by atoms with Crippen molar-refractivity contribution in [2.24, 2.45) is 0 Å². The molecule has 0 saturated heterocycles. The first kappa shape index (κ1) is 11.3. The van der Waals surface area contributed by atoms with Crippen LogP contribution < -0.4 is 5.32 Å². The highest BCUT2D eigenvalue weighted by molar-refractivity contribution is 7.80. The zero-order chi connectivity index (χ0) is 8.53. The second kappa shape index (κ2) is 8.41. The number of nitrogens with one attached hydrogen (secondary N) is 1. The van der Waals surface area contributed by atoms with E-state index in [1.807, 2.05) is 0 Å². The van der Waals surface area contributed by atoms with Crippen molar-refractivity contribution in [2.75, 3.05) is 13.1 Å². The van der Waals surface area contributed by atoms with Gasteiger partial charge >= 0.3 is 0 Å². The zero-order valence-corrected chi connectivity index (χ0v) is 8.66. The molecule has 0 amide bonds. The summed E-state index contributed by atoms with van der Waals surface area (Å²) in [7, 11) is 0. The maximum atomic E-state index is 4.31. The molecule has 0 fully saturated rings. The number of hydrogen-bond acceptors (Lipinski definition) is 2. The molecule has 0 aromatic carbocycles. The van der Waals surface area contributed by atoms with Crippen LogP contribution in [0.3, 0.4) is 0 Å². The molecule has 1 nitrogen and oxygen atoms in total. The maximum Gasteiger partial charge on any atom is -0.00111 e. The van der Waals surface area contributed by atoms with Crippen molar-refractivity contribution in [1.82, 2.24) is 5.32 Å². The lowest BCUT2D eigenvalue weighted by molar-refractivity contribution is 0.599. The van der Waals surface area contributed by atoms with Crippen LogP contribution in [0.2, 0.25) is 0 Å². The van der Waals surface area contributed by atoms with E-state index in [0.29, 0.717) is 5.25 Å². The molecule has 0 heterocycles. The Labute approximate surface area is 76.4 Å². The molecule has 0 saturated carbocycles. The van der Waals surface area contributed by atoms with Gasteiger partial charge in [0.15, 0.2) is 0 Å². The molecule has 11 heavy (non-hydrogen) atoms. The lowest BCUT2D eigenvalue weighted by Crippen LogP contribution is -2.17. The van der Waals surface area contributed by atoms with E-state index in [1.54, 1.807) is 0 Å². The standard InChI is InChI=1S/C9H21NS/c1-3-4-7-10-8-5-6-9(2)11/h9-11H,3-8H2,1-2H3. The normalized spacial score (nSPS) is 13.4. The van der Waals surface area contributed by atoms with Crippen molar-refractivity contribution in [3.8, 4) is 0 Å². The molecule has 68 valence electrons. The molecule has 1 unspecified atom stereocenters. The fraction of sp³-hybridized carbons (Fsp3) is 1.00. The summed E-state index contributed by atoms with van der Waals surface area (Å²) in [6, 6.07) is 0. The molecule has 2 heteroatoms. The third-order valence-electron chi connectivity index (χ3n) is 1.68. The highest BCUT2D eigenvalue weighted by Crippen LogP contribution is 2.01. The van der Waals surface area contributed by atoms with Crippen molar-refractivity contribution in [2.45, 2.75) is 44.8 Å². The van der Waals surface area contributed by atoms with Crippen molar-refractivity contribution < 1.29 is 0 Å². The van der Waals surface area contributed by atoms with Gasteiger partial charge in [-0.2, -0.15) is 12.6 Å². The van der Waals surface area contributed by atoms with E-state index in [0.717, 1.165) is 6.54 Å². The van der Waals surface area contributed by atoms with E-state index in [4.69, 9.17) is 0 Å². The first-order valence-electron chi connectivity index (χ1n) is 4.66. The SMILES string of the molecule is CCCCNCCCC(C)S. The molecule has 0 aromatic rings. The Morgan fingerprint density at radius 2 is 1.91 bits per heavy atom. The lowest BCUT2D eigenvalue weighted by atomic mass is 10.2. The minimum Gasteiger partial charge on any atom is -0.317 e. The van der Waals surface area contributed by atoms with Gasteiger partial charge in [0.25, 0.3) is 0 Å². The van der Waals surface area contributed by atoms with Crippen LogP contribution >= 0.6 is 12.6 Å². The molecular formula is C9H21NS. The van der Waals surface area contributed by atoms with E-state index in [2.05, 4.69) is 31.8 Å². The predicted molar refractivity (Wildman–Crippen MR) is 55.5 cm³/mol. The van der Waals surface area contributed by atoms with Gasteiger partial charge in [-0.3, -0.25) is 0 Å². The molecule has 0 aromatic heterocycles. The fourth-order valence-corrected chi connectivity index (χ4v) is 1.13. The summed E-state index contributed by atoms with van der Waals surface area (Å²) in [5.41, 5.74) is 0.